The molecule has 0 bridgehead atoms. The number of benzene rings is 2. The number of carboxylic acid groups (broad SMARTS) is 1. The van der Waals surface area contributed by atoms with Gasteiger partial charge in [0.15, 0.2) is 0 Å². The second kappa shape index (κ2) is 7.47. The minimum absolute atomic E-state index is 0.0393. The fourth-order valence-corrected chi connectivity index (χ4v) is 3.06. The van der Waals surface area contributed by atoms with Crippen LogP contribution in [0.2, 0.25) is 0 Å². The van der Waals surface area contributed by atoms with Gasteiger partial charge in [-0.15, -0.1) is 0 Å². The van der Waals surface area contributed by atoms with Crippen LogP contribution in [0.25, 0.3) is 0 Å². The maximum absolute atomic E-state index is 12.5. The highest BCUT2D eigenvalue weighted by Gasteiger charge is 2.23. The van der Waals surface area contributed by atoms with Crippen molar-refractivity contribution in [1.82, 2.24) is 0 Å². The highest BCUT2D eigenvalue weighted by Crippen LogP contribution is 2.38. The van der Waals surface area contributed by atoms with E-state index in [1.54, 1.807) is 24.3 Å². The van der Waals surface area contributed by atoms with E-state index in [0.717, 1.165) is 17.7 Å². The number of ether oxygens (including phenoxy) is 2. The molecule has 1 aliphatic heterocycles. The third-order valence-electron chi connectivity index (χ3n) is 4.17. The van der Waals surface area contributed by atoms with E-state index in [9.17, 15) is 14.7 Å². The summed E-state index contributed by atoms with van der Waals surface area (Å²) < 4.78 is 11.4. The maximum Gasteiger partial charge on any atom is 0.335 e. The van der Waals surface area contributed by atoms with Crippen molar-refractivity contribution in [1.29, 1.82) is 0 Å². The Morgan fingerprint density at radius 1 is 1.31 bits per heavy atom. The number of carbonyl (C=O) groups is 2. The van der Waals surface area contributed by atoms with Gasteiger partial charge in [-0.3, -0.25) is 4.79 Å². The number of nitrogens with one attached hydrogen (secondary N) is 1. The number of rotatable bonds is 6. The zero-order chi connectivity index (χ0) is 18.7. The minimum Gasteiger partial charge on any atom is -0.492 e. The molecular weight excluding hydrogens is 334 g/mol. The Kier molecular flexibility index (Phi) is 5.11. The van der Waals surface area contributed by atoms with Crippen LogP contribution in [0.15, 0.2) is 36.4 Å². The van der Waals surface area contributed by atoms with Gasteiger partial charge in [0.25, 0.3) is 0 Å². The van der Waals surface area contributed by atoms with E-state index in [1.165, 1.54) is 6.07 Å². The van der Waals surface area contributed by atoms with E-state index in [2.05, 4.69) is 5.32 Å². The van der Waals surface area contributed by atoms with Crippen LogP contribution in [0.3, 0.4) is 0 Å². The molecule has 0 spiro atoms. The van der Waals surface area contributed by atoms with Gasteiger partial charge in [0.1, 0.15) is 17.6 Å². The third kappa shape index (κ3) is 3.79. The van der Waals surface area contributed by atoms with Crippen LogP contribution in [0.1, 0.15) is 35.3 Å². The van der Waals surface area contributed by atoms with Gasteiger partial charge < -0.3 is 19.9 Å². The van der Waals surface area contributed by atoms with Crippen molar-refractivity contribution in [3.63, 3.8) is 0 Å². The number of anilines is 1. The lowest BCUT2D eigenvalue weighted by Crippen LogP contribution is -2.17. The average Bonchev–Trinajstić information content (AvgIpc) is 2.94. The molecule has 1 atom stereocenters. The molecule has 1 heterocycles. The second-order valence-electron chi connectivity index (χ2n) is 6.21. The molecule has 2 aromatic rings. The monoisotopic (exact) mass is 355 g/mol. The van der Waals surface area contributed by atoms with Crippen LogP contribution in [0, 0.1) is 0 Å². The predicted molar refractivity (Wildman–Crippen MR) is 97.1 cm³/mol. The molecule has 0 fully saturated rings. The van der Waals surface area contributed by atoms with Crippen molar-refractivity contribution in [2.45, 2.75) is 32.8 Å². The third-order valence-corrected chi connectivity index (χ3v) is 4.17. The van der Waals surface area contributed by atoms with Gasteiger partial charge in [-0.05, 0) is 31.5 Å². The van der Waals surface area contributed by atoms with Crippen molar-refractivity contribution in [3.05, 3.63) is 53.1 Å². The number of carbonyl (C=O) groups excluding carboxylic acids is 1. The number of aromatic carboxylic acids is 1. The number of hydrogen-bond acceptors (Lipinski definition) is 4. The molecule has 1 amide bonds. The predicted octanol–water partition coefficient (Wildman–Crippen LogP) is 3.29. The van der Waals surface area contributed by atoms with E-state index in [-0.39, 0.29) is 24.0 Å². The van der Waals surface area contributed by atoms with Crippen LogP contribution < -0.4 is 14.8 Å². The molecule has 136 valence electrons. The van der Waals surface area contributed by atoms with Gasteiger partial charge in [-0.2, -0.15) is 0 Å². The molecule has 6 heteroatoms. The van der Waals surface area contributed by atoms with Crippen molar-refractivity contribution < 1.29 is 24.2 Å². The molecule has 26 heavy (non-hydrogen) atoms. The first-order valence-electron chi connectivity index (χ1n) is 8.55. The van der Waals surface area contributed by atoms with E-state index in [4.69, 9.17) is 9.47 Å². The molecule has 0 saturated carbocycles. The number of hydrogen-bond donors (Lipinski definition) is 2. The first-order valence-corrected chi connectivity index (χ1v) is 8.55. The summed E-state index contributed by atoms with van der Waals surface area (Å²) in [5, 5.41) is 12.1. The lowest BCUT2D eigenvalue weighted by Gasteiger charge is -2.14. The molecule has 2 N–H and O–H groups in total. The SMILES string of the molecule is CCOc1cc2c(cc1NC(=O)Cc1ccccc1C(=O)O)OC(C)C2. The van der Waals surface area contributed by atoms with Gasteiger partial charge in [-0.25, -0.2) is 4.79 Å². The van der Waals surface area contributed by atoms with Crippen molar-refractivity contribution in [2.75, 3.05) is 11.9 Å². The summed E-state index contributed by atoms with van der Waals surface area (Å²) in [5.74, 6) is -0.0417. The summed E-state index contributed by atoms with van der Waals surface area (Å²) in [7, 11) is 0. The molecule has 0 radical (unpaired) electrons. The van der Waals surface area contributed by atoms with Crippen LogP contribution in [0.5, 0.6) is 11.5 Å². The van der Waals surface area contributed by atoms with Gasteiger partial charge in [0, 0.05) is 18.1 Å². The highest BCUT2D eigenvalue weighted by molar-refractivity contribution is 5.97. The largest absolute Gasteiger partial charge is 0.492 e. The quantitative estimate of drug-likeness (QED) is 0.831. The van der Waals surface area contributed by atoms with Crippen LogP contribution in [-0.4, -0.2) is 29.7 Å². The summed E-state index contributed by atoms with van der Waals surface area (Å²) >= 11 is 0. The van der Waals surface area contributed by atoms with Crippen molar-refractivity contribution >= 4 is 17.6 Å². The van der Waals surface area contributed by atoms with Crippen LogP contribution >= 0.6 is 0 Å². The Balaban J connectivity index is 1.81. The summed E-state index contributed by atoms with van der Waals surface area (Å²) in [6.45, 7) is 4.34. The zero-order valence-electron chi connectivity index (χ0n) is 14.7. The van der Waals surface area contributed by atoms with Crippen LogP contribution in [-0.2, 0) is 17.6 Å². The molecule has 1 aliphatic rings. The first kappa shape index (κ1) is 17.8. The van der Waals surface area contributed by atoms with Crippen LogP contribution in [0.4, 0.5) is 5.69 Å². The Labute approximate surface area is 151 Å². The van der Waals surface area contributed by atoms with E-state index in [1.807, 2.05) is 19.9 Å². The molecule has 0 aromatic heterocycles. The normalized spacial score (nSPS) is 15.1. The highest BCUT2D eigenvalue weighted by atomic mass is 16.5. The first-order chi connectivity index (χ1) is 12.5. The Hall–Kier alpha value is -3.02. The minimum atomic E-state index is -1.05. The van der Waals surface area contributed by atoms with E-state index in [0.29, 0.717) is 23.6 Å². The van der Waals surface area contributed by atoms with Gasteiger partial charge in [0.05, 0.1) is 24.3 Å². The zero-order valence-corrected chi connectivity index (χ0v) is 14.7. The fourth-order valence-electron chi connectivity index (χ4n) is 3.06. The molecule has 0 saturated heterocycles. The lowest BCUT2D eigenvalue weighted by molar-refractivity contribution is -0.115. The Morgan fingerprint density at radius 2 is 2.08 bits per heavy atom. The maximum atomic E-state index is 12.5. The summed E-state index contributed by atoms with van der Waals surface area (Å²) in [4.78, 5) is 23.8. The number of fused-ring (bicyclic) bond motifs is 1. The number of amides is 1. The molecule has 3 rings (SSSR count). The Bertz CT molecular complexity index is 846. The van der Waals surface area contributed by atoms with Gasteiger partial charge in [0.2, 0.25) is 5.91 Å². The second-order valence-corrected chi connectivity index (χ2v) is 6.21. The Morgan fingerprint density at radius 3 is 2.81 bits per heavy atom. The summed E-state index contributed by atoms with van der Waals surface area (Å²) in [6.07, 6.45) is 0.853. The molecular formula is C20H21NO5. The van der Waals surface area contributed by atoms with Gasteiger partial charge in [-0.1, -0.05) is 18.2 Å². The molecule has 2 aromatic carbocycles. The summed E-state index contributed by atoms with van der Waals surface area (Å²) in [6, 6.07) is 10.1. The standard InChI is InChI=1S/C20H21NO5/c1-3-25-18-9-14-8-12(2)26-17(14)11-16(18)21-19(22)10-13-6-4-5-7-15(13)20(23)24/h4-7,9,11-12H,3,8,10H2,1-2H3,(H,21,22)(H,23,24). The number of carboxylic acids is 1. The van der Waals surface area contributed by atoms with E-state index >= 15 is 0 Å². The van der Waals surface area contributed by atoms with Crippen molar-refractivity contribution in [3.8, 4) is 11.5 Å². The topological polar surface area (TPSA) is 84.9 Å². The van der Waals surface area contributed by atoms with E-state index < -0.39 is 5.97 Å². The molecule has 6 nitrogen and oxygen atoms in total. The van der Waals surface area contributed by atoms with Crippen molar-refractivity contribution in [2.24, 2.45) is 0 Å². The average molecular weight is 355 g/mol. The lowest BCUT2D eigenvalue weighted by atomic mass is 10.0. The van der Waals surface area contributed by atoms with Gasteiger partial charge >= 0.3 is 5.97 Å². The smallest absolute Gasteiger partial charge is 0.335 e. The molecule has 1 unspecified atom stereocenters. The summed E-state index contributed by atoms with van der Waals surface area (Å²) in [5.41, 5.74) is 2.16. The fraction of sp³-hybridized carbons (Fsp3) is 0.300. The molecule has 0 aliphatic carbocycles.